The summed E-state index contributed by atoms with van der Waals surface area (Å²) in [6, 6.07) is 8.15. The summed E-state index contributed by atoms with van der Waals surface area (Å²) in [7, 11) is 4.08. The summed E-state index contributed by atoms with van der Waals surface area (Å²) in [5.41, 5.74) is 1.97. The van der Waals surface area contributed by atoms with Gasteiger partial charge in [-0.2, -0.15) is 5.10 Å². The van der Waals surface area contributed by atoms with Crippen molar-refractivity contribution in [2.75, 3.05) is 27.2 Å². The number of rotatable bonds is 4. The van der Waals surface area contributed by atoms with Gasteiger partial charge in [0, 0.05) is 25.2 Å². The molecule has 6 heteroatoms. The molecule has 2 aromatic rings. The third-order valence-electron chi connectivity index (χ3n) is 4.19. The van der Waals surface area contributed by atoms with Crippen LogP contribution in [0.2, 0.25) is 0 Å². The number of carbonyl (C=O) groups is 1. The summed E-state index contributed by atoms with van der Waals surface area (Å²) in [6.07, 6.45) is 5.31. The molecule has 2 heterocycles. The fourth-order valence-corrected chi connectivity index (χ4v) is 3.06. The van der Waals surface area contributed by atoms with Crippen LogP contribution in [-0.4, -0.2) is 57.7 Å². The van der Waals surface area contributed by atoms with Crippen LogP contribution in [0, 0.1) is 0 Å². The third kappa shape index (κ3) is 3.76. The number of hydrogen-bond donors (Lipinski definition) is 0. The molecule has 0 N–H and O–H groups in total. The molecule has 0 unspecified atom stereocenters. The number of aromatic nitrogens is 3. The van der Waals surface area contributed by atoms with Crippen LogP contribution in [0.3, 0.4) is 0 Å². The minimum Gasteiger partial charge on any atom is -0.337 e. The van der Waals surface area contributed by atoms with Gasteiger partial charge in [-0.15, -0.1) is 0 Å². The first-order chi connectivity index (χ1) is 11.1. The Morgan fingerprint density at radius 3 is 2.74 bits per heavy atom. The molecule has 1 saturated heterocycles. The molecule has 1 aliphatic heterocycles. The van der Waals surface area contributed by atoms with Crippen molar-refractivity contribution >= 4 is 5.91 Å². The summed E-state index contributed by atoms with van der Waals surface area (Å²) < 4.78 is 1.86. The van der Waals surface area contributed by atoms with E-state index in [2.05, 4.69) is 15.0 Å². The summed E-state index contributed by atoms with van der Waals surface area (Å²) in [6.45, 7) is 2.39. The molecule has 0 saturated carbocycles. The molecule has 0 aliphatic carbocycles. The van der Waals surface area contributed by atoms with E-state index in [9.17, 15) is 4.79 Å². The minimum absolute atomic E-state index is 0.103. The quantitative estimate of drug-likeness (QED) is 0.864. The van der Waals surface area contributed by atoms with Crippen LogP contribution in [0.5, 0.6) is 0 Å². The predicted molar refractivity (Wildman–Crippen MR) is 88.0 cm³/mol. The number of piperidine rings is 1. The van der Waals surface area contributed by atoms with Gasteiger partial charge in [-0.1, -0.05) is 12.1 Å². The highest BCUT2D eigenvalue weighted by Gasteiger charge is 2.25. The Hall–Kier alpha value is -2.21. The van der Waals surface area contributed by atoms with E-state index in [4.69, 9.17) is 0 Å². The molecule has 0 spiro atoms. The van der Waals surface area contributed by atoms with Crippen molar-refractivity contribution in [2.24, 2.45) is 0 Å². The topological polar surface area (TPSA) is 54.3 Å². The van der Waals surface area contributed by atoms with Crippen LogP contribution in [0.4, 0.5) is 0 Å². The Labute approximate surface area is 136 Å². The Morgan fingerprint density at radius 2 is 2.09 bits per heavy atom. The molecule has 1 aliphatic rings. The van der Waals surface area contributed by atoms with E-state index in [1.807, 2.05) is 47.9 Å². The van der Waals surface area contributed by atoms with Crippen LogP contribution in [-0.2, 0) is 6.54 Å². The molecule has 122 valence electrons. The lowest BCUT2D eigenvalue weighted by Crippen LogP contribution is -2.40. The molecule has 1 atom stereocenters. The summed E-state index contributed by atoms with van der Waals surface area (Å²) in [5, 5.41) is 4.21. The number of hydrogen-bond acceptors (Lipinski definition) is 4. The van der Waals surface area contributed by atoms with Crippen LogP contribution in [0.25, 0.3) is 0 Å². The van der Waals surface area contributed by atoms with Crippen molar-refractivity contribution in [3.63, 3.8) is 0 Å². The Bertz CT molecular complexity index is 636. The highest BCUT2D eigenvalue weighted by Crippen LogP contribution is 2.22. The van der Waals surface area contributed by atoms with E-state index in [1.165, 1.54) is 5.56 Å². The average Bonchev–Trinajstić information content (AvgIpc) is 3.09. The Kier molecular flexibility index (Phi) is 4.71. The second-order valence-electron chi connectivity index (χ2n) is 6.36. The normalized spacial score (nSPS) is 18.4. The molecule has 6 nitrogen and oxygen atoms in total. The van der Waals surface area contributed by atoms with Gasteiger partial charge < -0.3 is 9.80 Å². The molecule has 1 aromatic carbocycles. The first-order valence-electron chi connectivity index (χ1n) is 8.00. The van der Waals surface area contributed by atoms with Crippen molar-refractivity contribution in [1.82, 2.24) is 24.6 Å². The molecule has 1 aromatic heterocycles. The number of amides is 1. The van der Waals surface area contributed by atoms with Crippen LogP contribution < -0.4 is 0 Å². The minimum atomic E-state index is 0.103. The number of carbonyl (C=O) groups excluding carboxylic acids is 1. The predicted octanol–water partition coefficient (Wildman–Crippen LogP) is 1.82. The second-order valence-corrected chi connectivity index (χ2v) is 6.36. The van der Waals surface area contributed by atoms with Gasteiger partial charge >= 0.3 is 0 Å². The average molecular weight is 313 g/mol. The molecular formula is C17H23N5O. The standard InChI is InChI=1S/C17H23N5O/c1-20(2)10-14-5-7-15(8-6-14)17(23)21-9-3-4-16(11-21)22-13-18-12-19-22/h5-8,12-13,16H,3-4,9-11H2,1-2H3/t16-/m0/s1. The SMILES string of the molecule is CN(C)Cc1ccc(C(=O)N2CCC[C@H](n3cncn3)C2)cc1. The maximum absolute atomic E-state index is 12.7. The molecular weight excluding hydrogens is 290 g/mol. The van der Waals surface area contributed by atoms with Crippen molar-refractivity contribution in [3.05, 3.63) is 48.0 Å². The van der Waals surface area contributed by atoms with Gasteiger partial charge in [0.15, 0.2) is 0 Å². The zero-order valence-electron chi connectivity index (χ0n) is 13.7. The van der Waals surface area contributed by atoms with Gasteiger partial charge in [-0.25, -0.2) is 9.67 Å². The van der Waals surface area contributed by atoms with E-state index in [1.54, 1.807) is 12.7 Å². The van der Waals surface area contributed by atoms with E-state index < -0.39 is 0 Å². The lowest BCUT2D eigenvalue weighted by atomic mass is 10.0. The number of likely N-dealkylation sites (tertiary alicyclic amines) is 1. The monoisotopic (exact) mass is 313 g/mol. The van der Waals surface area contributed by atoms with Crippen molar-refractivity contribution < 1.29 is 4.79 Å². The lowest BCUT2D eigenvalue weighted by molar-refractivity contribution is 0.0672. The summed E-state index contributed by atoms with van der Waals surface area (Å²) >= 11 is 0. The van der Waals surface area contributed by atoms with Crippen molar-refractivity contribution in [2.45, 2.75) is 25.4 Å². The number of benzene rings is 1. The fourth-order valence-electron chi connectivity index (χ4n) is 3.06. The molecule has 1 amide bonds. The van der Waals surface area contributed by atoms with Gasteiger partial charge in [-0.05, 0) is 44.6 Å². The van der Waals surface area contributed by atoms with Crippen LogP contribution >= 0.6 is 0 Å². The zero-order chi connectivity index (χ0) is 16.2. The van der Waals surface area contributed by atoms with Gasteiger partial charge in [-0.3, -0.25) is 4.79 Å². The van der Waals surface area contributed by atoms with Gasteiger partial charge in [0.1, 0.15) is 12.7 Å². The molecule has 23 heavy (non-hydrogen) atoms. The van der Waals surface area contributed by atoms with E-state index >= 15 is 0 Å². The first kappa shape index (κ1) is 15.7. The highest BCUT2D eigenvalue weighted by atomic mass is 16.2. The van der Waals surface area contributed by atoms with Crippen molar-refractivity contribution in [3.8, 4) is 0 Å². The zero-order valence-corrected chi connectivity index (χ0v) is 13.7. The van der Waals surface area contributed by atoms with Crippen LogP contribution in [0.15, 0.2) is 36.9 Å². The summed E-state index contributed by atoms with van der Waals surface area (Å²) in [4.78, 5) is 20.8. The molecule has 3 rings (SSSR count). The number of nitrogens with zero attached hydrogens (tertiary/aromatic N) is 5. The molecule has 0 radical (unpaired) electrons. The Morgan fingerprint density at radius 1 is 1.30 bits per heavy atom. The first-order valence-corrected chi connectivity index (χ1v) is 8.00. The second kappa shape index (κ2) is 6.91. The maximum Gasteiger partial charge on any atom is 0.253 e. The van der Waals surface area contributed by atoms with Gasteiger partial charge in [0.2, 0.25) is 0 Å². The van der Waals surface area contributed by atoms with Crippen molar-refractivity contribution in [1.29, 1.82) is 0 Å². The fraction of sp³-hybridized carbons (Fsp3) is 0.471. The lowest BCUT2D eigenvalue weighted by Gasteiger charge is -2.32. The van der Waals surface area contributed by atoms with Gasteiger partial charge in [0.25, 0.3) is 5.91 Å². The largest absolute Gasteiger partial charge is 0.337 e. The Balaban J connectivity index is 1.67. The van der Waals surface area contributed by atoms with E-state index in [-0.39, 0.29) is 11.9 Å². The van der Waals surface area contributed by atoms with Crippen LogP contribution in [0.1, 0.15) is 34.8 Å². The van der Waals surface area contributed by atoms with Gasteiger partial charge in [0.05, 0.1) is 6.04 Å². The smallest absolute Gasteiger partial charge is 0.253 e. The third-order valence-corrected chi connectivity index (χ3v) is 4.19. The maximum atomic E-state index is 12.7. The van der Waals surface area contributed by atoms with E-state index in [0.29, 0.717) is 6.54 Å². The molecule has 1 fully saturated rings. The summed E-state index contributed by atoms with van der Waals surface area (Å²) in [5.74, 6) is 0.103. The molecule has 0 bridgehead atoms. The van der Waals surface area contributed by atoms with E-state index in [0.717, 1.165) is 31.5 Å². The highest BCUT2D eigenvalue weighted by molar-refractivity contribution is 5.94.